The Morgan fingerprint density at radius 3 is 2.88 bits per heavy atom. The number of fused-ring (bicyclic) bond motifs is 1. The molecular formula is C21H27NO3S. The van der Waals surface area contributed by atoms with E-state index in [-0.39, 0.29) is 5.91 Å². The van der Waals surface area contributed by atoms with Crippen LogP contribution >= 0.6 is 0 Å². The molecule has 0 bridgehead atoms. The number of allylic oxidation sites excluding steroid dienone is 4. The van der Waals surface area contributed by atoms with Crippen LogP contribution in [0.3, 0.4) is 0 Å². The summed E-state index contributed by atoms with van der Waals surface area (Å²) < 4.78 is 17.5. The van der Waals surface area contributed by atoms with Crippen molar-refractivity contribution in [2.24, 2.45) is 0 Å². The maximum Gasteiger partial charge on any atom is 0.278 e. The molecule has 5 heteroatoms. The van der Waals surface area contributed by atoms with Crippen molar-refractivity contribution < 1.29 is 13.3 Å². The van der Waals surface area contributed by atoms with E-state index in [4.69, 9.17) is 4.28 Å². The van der Waals surface area contributed by atoms with Crippen molar-refractivity contribution in [2.45, 2.75) is 39.5 Å². The summed E-state index contributed by atoms with van der Waals surface area (Å²) in [6.07, 6.45) is 9.42. The molecule has 0 radical (unpaired) electrons. The largest absolute Gasteiger partial charge is 0.278 e. The van der Waals surface area contributed by atoms with Gasteiger partial charge in [-0.1, -0.05) is 48.1 Å². The Kier molecular flexibility index (Phi) is 7.54. The van der Waals surface area contributed by atoms with Gasteiger partial charge in [0.2, 0.25) is 0 Å². The Hall–Kier alpha value is -1.98. The molecule has 1 amide bonds. The number of benzene rings is 1. The SMILES string of the molecule is C=C(CC=C(C)C)CCS(=O)ON(C)C(=O)c1cccc2c1C=CCC2. The van der Waals surface area contributed by atoms with Crippen LogP contribution in [0.5, 0.6) is 0 Å². The quantitative estimate of drug-likeness (QED) is 0.493. The summed E-state index contributed by atoms with van der Waals surface area (Å²) in [6, 6.07) is 5.69. The molecule has 1 aromatic rings. The predicted octanol–water partition coefficient (Wildman–Crippen LogP) is 4.62. The van der Waals surface area contributed by atoms with Crippen LogP contribution in [0.2, 0.25) is 0 Å². The zero-order chi connectivity index (χ0) is 19.1. The number of carbonyl (C=O) groups is 1. The fourth-order valence-corrected chi connectivity index (χ4v) is 3.54. The summed E-state index contributed by atoms with van der Waals surface area (Å²) in [5, 5.41) is 1.08. The van der Waals surface area contributed by atoms with E-state index in [1.165, 1.54) is 12.6 Å². The van der Waals surface area contributed by atoms with Crippen LogP contribution in [0.15, 0.2) is 48.1 Å². The highest BCUT2D eigenvalue weighted by Crippen LogP contribution is 2.24. The van der Waals surface area contributed by atoms with Gasteiger partial charge in [0.25, 0.3) is 5.91 Å². The monoisotopic (exact) mass is 373 g/mol. The third kappa shape index (κ3) is 5.78. The smallest absolute Gasteiger partial charge is 0.267 e. The second-order valence-electron chi connectivity index (χ2n) is 6.69. The molecule has 2 rings (SSSR count). The number of rotatable bonds is 8. The van der Waals surface area contributed by atoms with Crippen molar-refractivity contribution in [3.63, 3.8) is 0 Å². The van der Waals surface area contributed by atoms with Gasteiger partial charge in [0, 0.05) is 12.6 Å². The molecule has 0 aliphatic heterocycles. The highest BCUT2D eigenvalue weighted by molar-refractivity contribution is 7.80. The summed E-state index contributed by atoms with van der Waals surface area (Å²) in [6.45, 7) is 8.05. The molecule has 0 N–H and O–H groups in total. The average Bonchev–Trinajstić information content (AvgIpc) is 2.63. The Morgan fingerprint density at radius 2 is 2.15 bits per heavy atom. The van der Waals surface area contributed by atoms with Crippen molar-refractivity contribution in [2.75, 3.05) is 12.8 Å². The summed E-state index contributed by atoms with van der Waals surface area (Å²) in [5.41, 5.74) is 4.89. The molecule has 1 aliphatic rings. The van der Waals surface area contributed by atoms with Gasteiger partial charge in [-0.2, -0.15) is 4.28 Å². The number of hydrogen-bond acceptors (Lipinski definition) is 3. The van der Waals surface area contributed by atoms with Crippen LogP contribution in [-0.4, -0.2) is 28.0 Å². The molecule has 0 saturated heterocycles. The summed E-state index contributed by atoms with van der Waals surface area (Å²) in [4.78, 5) is 12.7. The van der Waals surface area contributed by atoms with Crippen molar-refractivity contribution >= 4 is 23.1 Å². The third-order valence-corrected chi connectivity index (χ3v) is 5.12. The molecule has 1 unspecified atom stereocenters. The first kappa shape index (κ1) is 20.3. The molecule has 0 heterocycles. The summed E-state index contributed by atoms with van der Waals surface area (Å²) >= 11 is -1.58. The topological polar surface area (TPSA) is 46.6 Å². The Bertz CT molecular complexity index is 761. The van der Waals surface area contributed by atoms with E-state index in [1.54, 1.807) is 6.07 Å². The first-order chi connectivity index (χ1) is 12.4. The minimum Gasteiger partial charge on any atom is -0.267 e. The highest BCUT2D eigenvalue weighted by atomic mass is 32.2. The summed E-state index contributed by atoms with van der Waals surface area (Å²) in [5.74, 6) is 0.0324. The lowest BCUT2D eigenvalue weighted by atomic mass is 9.93. The van der Waals surface area contributed by atoms with Crippen molar-refractivity contribution in [3.8, 4) is 0 Å². The Morgan fingerprint density at radius 1 is 1.38 bits per heavy atom. The van der Waals surface area contributed by atoms with Crippen LogP contribution in [-0.2, 0) is 21.8 Å². The lowest BCUT2D eigenvalue weighted by molar-refractivity contribution is -0.00365. The van der Waals surface area contributed by atoms with Gasteiger partial charge in [-0.05, 0) is 56.7 Å². The number of carbonyl (C=O) groups excluding carboxylic acids is 1. The lowest BCUT2D eigenvalue weighted by Crippen LogP contribution is -2.29. The number of aryl methyl sites for hydroxylation is 1. The van der Waals surface area contributed by atoms with Gasteiger partial charge in [0.05, 0.1) is 5.75 Å². The number of nitrogens with zero attached hydrogens (tertiary/aromatic N) is 1. The second kappa shape index (κ2) is 9.64. The van der Waals surface area contributed by atoms with Crippen LogP contribution in [0.1, 0.15) is 54.6 Å². The third-order valence-electron chi connectivity index (χ3n) is 4.19. The van der Waals surface area contributed by atoms with Crippen molar-refractivity contribution in [1.82, 2.24) is 5.06 Å². The van der Waals surface area contributed by atoms with Gasteiger partial charge < -0.3 is 0 Å². The van der Waals surface area contributed by atoms with Crippen LogP contribution in [0.4, 0.5) is 0 Å². The van der Waals surface area contributed by atoms with E-state index in [0.717, 1.165) is 41.0 Å². The number of hydrogen-bond donors (Lipinski definition) is 0. The molecule has 26 heavy (non-hydrogen) atoms. The van der Waals surface area contributed by atoms with Gasteiger partial charge in [-0.3, -0.25) is 4.79 Å². The van der Waals surface area contributed by atoms with E-state index in [9.17, 15) is 9.00 Å². The van der Waals surface area contributed by atoms with Gasteiger partial charge >= 0.3 is 0 Å². The van der Waals surface area contributed by atoms with Gasteiger partial charge in [-0.25, -0.2) is 9.27 Å². The normalized spacial score (nSPS) is 13.7. The van der Waals surface area contributed by atoms with Crippen molar-refractivity contribution in [3.05, 3.63) is 64.8 Å². The van der Waals surface area contributed by atoms with Crippen LogP contribution in [0.25, 0.3) is 6.08 Å². The Balaban J connectivity index is 1.92. The molecule has 140 valence electrons. The number of hydroxylamine groups is 2. The molecule has 4 nitrogen and oxygen atoms in total. The minimum atomic E-state index is -1.58. The fourth-order valence-electron chi connectivity index (χ4n) is 2.70. The lowest BCUT2D eigenvalue weighted by Gasteiger charge is -2.19. The fraction of sp³-hybridized carbons (Fsp3) is 0.381. The first-order valence-electron chi connectivity index (χ1n) is 8.81. The summed E-state index contributed by atoms with van der Waals surface area (Å²) in [7, 11) is 1.50. The zero-order valence-corrected chi connectivity index (χ0v) is 16.6. The highest BCUT2D eigenvalue weighted by Gasteiger charge is 2.20. The Labute approximate surface area is 158 Å². The molecule has 0 aromatic heterocycles. The van der Waals surface area contributed by atoms with Gasteiger partial charge in [-0.15, -0.1) is 0 Å². The minimum absolute atomic E-state index is 0.287. The average molecular weight is 374 g/mol. The van der Waals surface area contributed by atoms with E-state index in [0.29, 0.717) is 17.7 Å². The second-order valence-corrected chi connectivity index (χ2v) is 7.85. The molecule has 0 spiro atoms. The molecule has 1 aromatic carbocycles. The van der Waals surface area contributed by atoms with Gasteiger partial charge in [0.1, 0.15) is 0 Å². The van der Waals surface area contributed by atoms with Crippen LogP contribution in [0, 0.1) is 0 Å². The molecule has 0 saturated carbocycles. The van der Waals surface area contributed by atoms with E-state index >= 15 is 0 Å². The van der Waals surface area contributed by atoms with E-state index < -0.39 is 11.1 Å². The molecule has 1 aliphatic carbocycles. The van der Waals surface area contributed by atoms with Gasteiger partial charge in [0.15, 0.2) is 11.1 Å². The molecular weight excluding hydrogens is 346 g/mol. The van der Waals surface area contributed by atoms with E-state index in [2.05, 4.69) is 18.7 Å². The molecule has 1 atom stereocenters. The maximum atomic E-state index is 12.7. The maximum absolute atomic E-state index is 12.7. The molecule has 0 fully saturated rings. The van der Waals surface area contributed by atoms with Crippen LogP contribution < -0.4 is 0 Å². The van der Waals surface area contributed by atoms with Crippen molar-refractivity contribution in [1.29, 1.82) is 0 Å². The predicted molar refractivity (Wildman–Crippen MR) is 108 cm³/mol. The standard InChI is InChI=1S/C21H27NO3S/c1-16(2)12-13-17(3)14-15-26(24)25-22(4)21(23)20-11-7-9-18-8-5-6-10-19(18)20/h6-7,9-12H,3,5,8,13-15H2,1-2,4H3. The van der Waals surface area contributed by atoms with E-state index in [1.807, 2.05) is 32.1 Å². The zero-order valence-electron chi connectivity index (χ0n) is 15.8. The number of amides is 1. The first-order valence-corrected chi connectivity index (χ1v) is 10.1.